The minimum atomic E-state index is -1.06. The van der Waals surface area contributed by atoms with Crippen molar-refractivity contribution in [3.63, 3.8) is 0 Å². The van der Waals surface area contributed by atoms with Gasteiger partial charge in [-0.25, -0.2) is 0 Å². The Labute approximate surface area is 224 Å². The molecule has 1 aromatic carbocycles. The Morgan fingerprint density at radius 2 is 1.92 bits per heavy atom. The molecule has 1 fully saturated rings. The minimum absolute atomic E-state index is 0.0158. The molecule has 1 heterocycles. The Morgan fingerprint density at radius 3 is 2.58 bits per heavy atom. The number of nitrogens with zero attached hydrogens (tertiary/aromatic N) is 1. The number of aliphatic hydroxyl groups is 3. The molecule has 4 rings (SSSR count). The van der Waals surface area contributed by atoms with Crippen molar-refractivity contribution >= 4 is 11.8 Å². The minimum Gasteiger partial charge on any atom is -0.493 e. The van der Waals surface area contributed by atoms with Crippen molar-refractivity contribution in [2.24, 2.45) is 5.92 Å². The van der Waals surface area contributed by atoms with E-state index in [1.807, 2.05) is 0 Å². The number of fused-ring (bicyclic) bond motifs is 3. The zero-order valence-corrected chi connectivity index (χ0v) is 22.5. The normalized spacial score (nSPS) is 23.7. The molecule has 0 aromatic heterocycles. The molecular formula is C29H42N2O7. The lowest BCUT2D eigenvalue weighted by molar-refractivity contribution is -0.137. The van der Waals surface area contributed by atoms with E-state index in [4.69, 9.17) is 9.47 Å². The maximum atomic E-state index is 13.5. The summed E-state index contributed by atoms with van der Waals surface area (Å²) >= 11 is 0. The van der Waals surface area contributed by atoms with E-state index in [1.165, 1.54) is 7.11 Å². The largest absolute Gasteiger partial charge is 0.493 e. The highest BCUT2D eigenvalue weighted by molar-refractivity contribution is 5.96. The number of aliphatic hydroxyl groups excluding tert-OH is 3. The molecule has 1 aliphatic heterocycles. The van der Waals surface area contributed by atoms with Gasteiger partial charge in [0, 0.05) is 30.6 Å². The lowest BCUT2D eigenvalue weighted by atomic mass is 9.77. The van der Waals surface area contributed by atoms with Crippen LogP contribution in [0.2, 0.25) is 0 Å². The van der Waals surface area contributed by atoms with E-state index in [-0.39, 0.29) is 31.6 Å². The molecule has 4 N–H and O–H groups in total. The van der Waals surface area contributed by atoms with E-state index in [2.05, 4.69) is 12.2 Å². The third-order valence-corrected chi connectivity index (χ3v) is 7.82. The summed E-state index contributed by atoms with van der Waals surface area (Å²) in [6.07, 6.45) is 7.52. The highest BCUT2D eigenvalue weighted by Crippen LogP contribution is 2.51. The summed E-state index contributed by atoms with van der Waals surface area (Å²) in [5.41, 5.74) is 1.63. The van der Waals surface area contributed by atoms with Gasteiger partial charge in [0.15, 0.2) is 11.5 Å². The Morgan fingerprint density at radius 1 is 1.16 bits per heavy atom. The lowest BCUT2D eigenvalue weighted by Crippen LogP contribution is -2.56. The standard InChI is InChI=1S/C29H42N2O7/c1-3-4-5-6-7-8-24(34)31(16-18-9-10-18)22-15-21(29(36)30-11-12-32)25-20-13-19(17-33)14-23(37-2)27(20)38-28(25)26(22)35/h13-15,18,22,25-26,28,32-33,35H,3-12,16-17H2,1-2H3,(H,30,36). The van der Waals surface area contributed by atoms with Crippen molar-refractivity contribution in [3.8, 4) is 11.5 Å². The molecule has 2 aliphatic carbocycles. The van der Waals surface area contributed by atoms with E-state index in [9.17, 15) is 24.9 Å². The molecule has 1 aromatic rings. The van der Waals surface area contributed by atoms with Gasteiger partial charge in [-0.15, -0.1) is 0 Å². The van der Waals surface area contributed by atoms with Gasteiger partial charge < -0.3 is 35.0 Å². The first-order valence-corrected chi connectivity index (χ1v) is 14.0. The maximum Gasteiger partial charge on any atom is 0.247 e. The van der Waals surface area contributed by atoms with Gasteiger partial charge in [-0.2, -0.15) is 0 Å². The fraction of sp³-hybridized carbons (Fsp3) is 0.655. The first-order valence-electron chi connectivity index (χ1n) is 14.0. The number of carbonyl (C=O) groups is 2. The second-order valence-electron chi connectivity index (χ2n) is 10.7. The molecule has 3 aliphatic rings. The third kappa shape index (κ3) is 6.16. The van der Waals surface area contributed by atoms with Crippen molar-refractivity contribution in [1.29, 1.82) is 0 Å². The van der Waals surface area contributed by atoms with Crippen LogP contribution >= 0.6 is 0 Å². The first-order chi connectivity index (χ1) is 18.4. The van der Waals surface area contributed by atoms with Gasteiger partial charge in [0.05, 0.1) is 32.3 Å². The summed E-state index contributed by atoms with van der Waals surface area (Å²) in [5, 5.41) is 33.5. The van der Waals surface area contributed by atoms with E-state index >= 15 is 0 Å². The molecule has 9 heteroatoms. The summed E-state index contributed by atoms with van der Waals surface area (Å²) in [7, 11) is 1.50. The Hall–Kier alpha value is -2.62. The Kier molecular flexibility index (Phi) is 9.68. The van der Waals surface area contributed by atoms with Crippen LogP contribution in [0.4, 0.5) is 0 Å². The van der Waals surface area contributed by atoms with Crippen LogP contribution in [0, 0.1) is 5.92 Å². The number of amides is 2. The Balaban J connectivity index is 1.68. The van der Waals surface area contributed by atoms with Crippen molar-refractivity contribution in [2.45, 2.75) is 89.1 Å². The number of methoxy groups -OCH3 is 1. The number of carbonyl (C=O) groups excluding carboxylic acids is 2. The van der Waals surface area contributed by atoms with Crippen LogP contribution in [-0.2, 0) is 16.2 Å². The van der Waals surface area contributed by atoms with Crippen LogP contribution in [0.3, 0.4) is 0 Å². The summed E-state index contributed by atoms with van der Waals surface area (Å²) in [6.45, 7) is 2.35. The van der Waals surface area contributed by atoms with Crippen LogP contribution in [0.5, 0.6) is 11.5 Å². The van der Waals surface area contributed by atoms with Crippen molar-refractivity contribution in [1.82, 2.24) is 10.2 Å². The molecule has 0 spiro atoms. The molecule has 38 heavy (non-hydrogen) atoms. The third-order valence-electron chi connectivity index (χ3n) is 7.82. The molecule has 210 valence electrons. The fourth-order valence-corrected chi connectivity index (χ4v) is 5.61. The topological polar surface area (TPSA) is 129 Å². The number of hydrogen-bond acceptors (Lipinski definition) is 7. The molecular weight excluding hydrogens is 488 g/mol. The SMILES string of the molecule is CCCCCCCC(=O)N(CC1CC1)C1C=C(C(=O)NCCO)C2c3cc(CO)cc(OC)c3OC2C1O. The van der Waals surface area contributed by atoms with Gasteiger partial charge in [-0.1, -0.05) is 32.6 Å². The van der Waals surface area contributed by atoms with E-state index in [0.29, 0.717) is 47.1 Å². The second-order valence-corrected chi connectivity index (χ2v) is 10.7. The smallest absolute Gasteiger partial charge is 0.247 e. The highest BCUT2D eigenvalue weighted by atomic mass is 16.5. The molecule has 4 unspecified atom stereocenters. The second kappa shape index (κ2) is 13.0. The first kappa shape index (κ1) is 28.4. The molecule has 9 nitrogen and oxygen atoms in total. The van der Waals surface area contributed by atoms with Crippen LogP contribution in [0.25, 0.3) is 0 Å². The zero-order valence-electron chi connectivity index (χ0n) is 22.5. The number of hydrogen-bond donors (Lipinski definition) is 4. The monoisotopic (exact) mass is 530 g/mol. The highest BCUT2D eigenvalue weighted by Gasteiger charge is 2.51. The van der Waals surface area contributed by atoms with Gasteiger partial charge in [0.25, 0.3) is 0 Å². The van der Waals surface area contributed by atoms with Crippen LogP contribution in [0.15, 0.2) is 23.8 Å². The van der Waals surface area contributed by atoms with Gasteiger partial charge in [-0.3, -0.25) is 9.59 Å². The Bertz CT molecular complexity index is 1020. The molecule has 0 bridgehead atoms. The van der Waals surface area contributed by atoms with E-state index in [0.717, 1.165) is 44.9 Å². The number of ether oxygens (including phenoxy) is 2. The van der Waals surface area contributed by atoms with Gasteiger partial charge in [0.1, 0.15) is 12.2 Å². The number of nitrogens with one attached hydrogen (secondary N) is 1. The van der Waals surface area contributed by atoms with Gasteiger partial charge in [-0.05, 0) is 49.0 Å². The van der Waals surface area contributed by atoms with Gasteiger partial charge >= 0.3 is 0 Å². The number of benzene rings is 1. The average molecular weight is 531 g/mol. The lowest BCUT2D eigenvalue weighted by Gasteiger charge is -2.41. The van der Waals surface area contributed by atoms with E-state index in [1.54, 1.807) is 23.1 Å². The van der Waals surface area contributed by atoms with Crippen molar-refractivity contribution in [3.05, 3.63) is 34.9 Å². The zero-order chi connectivity index (χ0) is 27.2. The number of rotatable bonds is 14. The van der Waals surface area contributed by atoms with E-state index < -0.39 is 24.2 Å². The molecule has 1 saturated carbocycles. The summed E-state index contributed by atoms with van der Waals surface area (Å²) in [5.74, 6) is 0.237. The van der Waals surface area contributed by atoms with Crippen LogP contribution in [0.1, 0.15) is 75.3 Å². The predicted molar refractivity (Wildman–Crippen MR) is 142 cm³/mol. The summed E-state index contributed by atoms with van der Waals surface area (Å²) in [4.78, 5) is 28.6. The molecule has 0 radical (unpaired) electrons. The molecule has 4 atom stereocenters. The van der Waals surface area contributed by atoms with Crippen molar-refractivity contribution < 1.29 is 34.4 Å². The quantitative estimate of drug-likeness (QED) is 0.272. The van der Waals surface area contributed by atoms with Crippen molar-refractivity contribution in [2.75, 3.05) is 26.8 Å². The van der Waals surface area contributed by atoms with Crippen LogP contribution < -0.4 is 14.8 Å². The molecule has 2 amide bonds. The predicted octanol–water partition coefficient (Wildman–Crippen LogP) is 2.41. The number of unbranched alkanes of at least 4 members (excludes halogenated alkanes) is 4. The summed E-state index contributed by atoms with van der Waals surface area (Å²) in [6, 6.07) is 2.73. The average Bonchev–Trinajstić information content (AvgIpc) is 3.67. The van der Waals surface area contributed by atoms with Crippen LogP contribution in [-0.4, -0.2) is 77.1 Å². The summed E-state index contributed by atoms with van der Waals surface area (Å²) < 4.78 is 11.8. The van der Waals surface area contributed by atoms with Gasteiger partial charge in [0.2, 0.25) is 11.8 Å². The maximum absolute atomic E-state index is 13.5. The fourth-order valence-electron chi connectivity index (χ4n) is 5.61. The molecule has 0 saturated heterocycles.